The Morgan fingerprint density at radius 1 is 1.43 bits per heavy atom. The summed E-state index contributed by atoms with van der Waals surface area (Å²) in [7, 11) is 1.53. The lowest BCUT2D eigenvalue weighted by molar-refractivity contribution is -0.244. The molecular weight excluding hydrogens is 188 g/mol. The van der Waals surface area contributed by atoms with E-state index in [1.807, 2.05) is 0 Å². The predicted octanol–water partition coefficient (Wildman–Crippen LogP) is -0.743. The molecule has 0 aromatic heterocycles. The molecule has 0 unspecified atom stereocenters. The van der Waals surface area contributed by atoms with Crippen molar-refractivity contribution in [2.75, 3.05) is 7.11 Å². The van der Waals surface area contributed by atoms with Crippen LogP contribution in [0.15, 0.2) is 0 Å². The van der Waals surface area contributed by atoms with Crippen molar-refractivity contribution in [2.24, 2.45) is 0 Å². The maximum atomic E-state index is 10.2. The number of ether oxygens (including phenoxy) is 3. The van der Waals surface area contributed by atoms with Gasteiger partial charge in [0, 0.05) is 7.11 Å². The standard InChI is InChI=1S/C9H16O5/c1-4(10)9(11)5(2)13-8(12-3)6-7(9)14-6/h4-8,10-11H,1-3H3/t4-,5+,6+,7-,8-,9+/m0/s1. The van der Waals surface area contributed by atoms with Crippen LogP contribution in [-0.4, -0.2) is 53.6 Å². The molecule has 14 heavy (non-hydrogen) atoms. The lowest BCUT2D eigenvalue weighted by atomic mass is 9.84. The molecule has 0 bridgehead atoms. The molecule has 82 valence electrons. The molecule has 2 aliphatic heterocycles. The molecular formula is C9H16O5. The number of aliphatic hydroxyl groups is 2. The van der Waals surface area contributed by atoms with Gasteiger partial charge in [-0.2, -0.15) is 0 Å². The Morgan fingerprint density at radius 2 is 2.07 bits per heavy atom. The van der Waals surface area contributed by atoms with Gasteiger partial charge >= 0.3 is 0 Å². The molecule has 2 N–H and O–H groups in total. The van der Waals surface area contributed by atoms with E-state index in [0.717, 1.165) is 0 Å². The molecule has 0 amide bonds. The van der Waals surface area contributed by atoms with E-state index < -0.39 is 24.1 Å². The summed E-state index contributed by atoms with van der Waals surface area (Å²) >= 11 is 0. The fourth-order valence-electron chi connectivity index (χ4n) is 2.09. The summed E-state index contributed by atoms with van der Waals surface area (Å²) in [4.78, 5) is 0. The van der Waals surface area contributed by atoms with Crippen molar-refractivity contribution in [2.45, 2.75) is 50.2 Å². The molecule has 0 radical (unpaired) electrons. The number of aliphatic hydroxyl groups excluding tert-OH is 1. The lowest BCUT2D eigenvalue weighted by Crippen LogP contribution is -2.60. The Labute approximate surface area is 82.6 Å². The second-order valence-corrected chi connectivity index (χ2v) is 3.97. The second kappa shape index (κ2) is 3.15. The lowest BCUT2D eigenvalue weighted by Gasteiger charge is -2.39. The van der Waals surface area contributed by atoms with Crippen LogP contribution in [0.2, 0.25) is 0 Å². The third kappa shape index (κ3) is 1.20. The highest BCUT2D eigenvalue weighted by Crippen LogP contribution is 2.45. The average molecular weight is 204 g/mol. The number of rotatable bonds is 2. The Hall–Kier alpha value is -0.200. The Kier molecular flexibility index (Phi) is 2.32. The van der Waals surface area contributed by atoms with Gasteiger partial charge in [-0.3, -0.25) is 0 Å². The van der Waals surface area contributed by atoms with Crippen LogP contribution in [-0.2, 0) is 14.2 Å². The van der Waals surface area contributed by atoms with Crippen molar-refractivity contribution in [1.29, 1.82) is 0 Å². The van der Waals surface area contributed by atoms with Gasteiger partial charge in [0.15, 0.2) is 6.29 Å². The van der Waals surface area contributed by atoms with Crippen LogP contribution >= 0.6 is 0 Å². The average Bonchev–Trinajstić information content (AvgIpc) is 2.90. The molecule has 0 aromatic carbocycles. The number of hydrogen-bond acceptors (Lipinski definition) is 5. The van der Waals surface area contributed by atoms with Crippen LogP contribution < -0.4 is 0 Å². The van der Waals surface area contributed by atoms with Gasteiger partial charge < -0.3 is 24.4 Å². The van der Waals surface area contributed by atoms with Crippen molar-refractivity contribution in [3.63, 3.8) is 0 Å². The van der Waals surface area contributed by atoms with Crippen LogP contribution in [0, 0.1) is 0 Å². The normalized spacial score (nSPS) is 53.8. The summed E-state index contributed by atoms with van der Waals surface area (Å²) in [6.45, 7) is 3.24. The number of epoxide rings is 1. The van der Waals surface area contributed by atoms with E-state index in [-0.39, 0.29) is 12.2 Å². The van der Waals surface area contributed by atoms with Crippen molar-refractivity contribution < 1.29 is 24.4 Å². The zero-order chi connectivity index (χ0) is 10.5. The fraction of sp³-hybridized carbons (Fsp3) is 1.00. The van der Waals surface area contributed by atoms with Crippen LogP contribution in [0.5, 0.6) is 0 Å². The Bertz CT molecular complexity index is 227. The van der Waals surface area contributed by atoms with E-state index in [1.165, 1.54) is 14.0 Å². The molecule has 2 fully saturated rings. The fourth-order valence-corrected chi connectivity index (χ4v) is 2.09. The third-order valence-corrected chi connectivity index (χ3v) is 3.14. The van der Waals surface area contributed by atoms with Gasteiger partial charge in [-0.15, -0.1) is 0 Å². The highest BCUT2D eigenvalue weighted by atomic mass is 16.7. The smallest absolute Gasteiger partial charge is 0.186 e. The summed E-state index contributed by atoms with van der Waals surface area (Å²) in [6, 6.07) is 0. The largest absolute Gasteiger partial charge is 0.390 e. The molecule has 2 aliphatic rings. The molecule has 0 saturated carbocycles. The number of hydrogen-bond donors (Lipinski definition) is 2. The second-order valence-electron chi connectivity index (χ2n) is 3.97. The topological polar surface area (TPSA) is 71.5 Å². The summed E-state index contributed by atoms with van der Waals surface area (Å²) < 4.78 is 15.7. The summed E-state index contributed by atoms with van der Waals surface area (Å²) in [5.41, 5.74) is -1.32. The van der Waals surface area contributed by atoms with Gasteiger partial charge in [0.2, 0.25) is 0 Å². The summed E-state index contributed by atoms with van der Waals surface area (Å²) in [5.74, 6) is 0. The minimum atomic E-state index is -1.32. The SMILES string of the molecule is CO[C@H]1O[C@H](C)[C@](O)([C@H](C)O)[C@H]2O[C@@H]12. The van der Waals surface area contributed by atoms with Gasteiger partial charge in [-0.1, -0.05) is 0 Å². The first-order valence-corrected chi connectivity index (χ1v) is 4.76. The number of fused-ring (bicyclic) bond motifs is 1. The first-order valence-electron chi connectivity index (χ1n) is 4.76. The van der Waals surface area contributed by atoms with Crippen molar-refractivity contribution in [1.82, 2.24) is 0 Å². The van der Waals surface area contributed by atoms with Gasteiger partial charge in [0.1, 0.15) is 17.8 Å². The van der Waals surface area contributed by atoms with Crippen molar-refractivity contribution in [3.8, 4) is 0 Å². The van der Waals surface area contributed by atoms with Crippen molar-refractivity contribution >= 4 is 0 Å². The third-order valence-electron chi connectivity index (χ3n) is 3.14. The van der Waals surface area contributed by atoms with Gasteiger partial charge in [0.25, 0.3) is 0 Å². The van der Waals surface area contributed by atoms with E-state index in [4.69, 9.17) is 14.2 Å². The van der Waals surface area contributed by atoms with Gasteiger partial charge in [0.05, 0.1) is 12.2 Å². The molecule has 2 rings (SSSR count). The predicted molar refractivity (Wildman–Crippen MR) is 46.6 cm³/mol. The highest BCUT2D eigenvalue weighted by Gasteiger charge is 2.66. The molecule has 6 atom stereocenters. The van der Waals surface area contributed by atoms with Crippen LogP contribution in [0.25, 0.3) is 0 Å². The first-order chi connectivity index (χ1) is 6.51. The number of methoxy groups -OCH3 is 1. The van der Waals surface area contributed by atoms with Crippen LogP contribution in [0.4, 0.5) is 0 Å². The minimum Gasteiger partial charge on any atom is -0.390 e. The zero-order valence-corrected chi connectivity index (χ0v) is 8.51. The summed E-state index contributed by atoms with van der Waals surface area (Å²) in [5, 5.41) is 19.7. The first kappa shape index (κ1) is 10.3. The molecule has 0 spiro atoms. The van der Waals surface area contributed by atoms with Crippen LogP contribution in [0.3, 0.4) is 0 Å². The molecule has 2 saturated heterocycles. The maximum absolute atomic E-state index is 10.2. The molecule has 5 heteroatoms. The molecule has 2 heterocycles. The molecule has 0 aromatic rings. The van der Waals surface area contributed by atoms with Gasteiger partial charge in [-0.05, 0) is 13.8 Å². The van der Waals surface area contributed by atoms with Gasteiger partial charge in [-0.25, -0.2) is 0 Å². The zero-order valence-electron chi connectivity index (χ0n) is 8.51. The van der Waals surface area contributed by atoms with Crippen molar-refractivity contribution in [3.05, 3.63) is 0 Å². The van der Waals surface area contributed by atoms with Crippen LogP contribution in [0.1, 0.15) is 13.8 Å². The highest BCUT2D eigenvalue weighted by molar-refractivity contribution is 5.11. The monoisotopic (exact) mass is 204 g/mol. The molecule has 5 nitrogen and oxygen atoms in total. The van der Waals surface area contributed by atoms with E-state index in [0.29, 0.717) is 0 Å². The van der Waals surface area contributed by atoms with E-state index in [2.05, 4.69) is 0 Å². The molecule has 0 aliphatic carbocycles. The minimum absolute atomic E-state index is 0.254. The quantitative estimate of drug-likeness (QED) is 0.579. The Morgan fingerprint density at radius 3 is 2.57 bits per heavy atom. The van der Waals surface area contributed by atoms with E-state index >= 15 is 0 Å². The maximum Gasteiger partial charge on any atom is 0.186 e. The van der Waals surface area contributed by atoms with E-state index in [1.54, 1.807) is 6.92 Å². The van der Waals surface area contributed by atoms with E-state index in [9.17, 15) is 10.2 Å². The summed E-state index contributed by atoms with van der Waals surface area (Å²) in [6.07, 6.45) is -2.46. The Balaban J connectivity index is 2.16.